The Kier molecular flexibility index (Phi) is 5.65. The molecule has 1 saturated carbocycles. The summed E-state index contributed by atoms with van der Waals surface area (Å²) in [4.78, 5) is 27.2. The van der Waals surface area contributed by atoms with Crippen molar-refractivity contribution in [3.63, 3.8) is 0 Å². The number of amides is 1. The molecule has 2 fully saturated rings. The average Bonchev–Trinajstić information content (AvgIpc) is 3.50. The fraction of sp³-hybridized carbons (Fsp3) is 0.536. The molecule has 0 radical (unpaired) electrons. The van der Waals surface area contributed by atoms with Gasteiger partial charge in [-0.15, -0.1) is 0 Å². The first-order valence-electron chi connectivity index (χ1n) is 13.1. The Labute approximate surface area is 216 Å². The summed E-state index contributed by atoms with van der Waals surface area (Å²) in [5, 5.41) is 0.438. The third-order valence-electron chi connectivity index (χ3n) is 8.69. The maximum absolute atomic E-state index is 13.7. The zero-order valence-electron chi connectivity index (χ0n) is 21.3. The SMILES string of the molecule is CC[C@H](C)n1cnc2cc(-c3ccc4c(c3)N([C@H]3C[C@@H](N5CC[C@@H](F)C5)C3)C(=O)C4(C)C)nc(Cl)c21. The minimum absolute atomic E-state index is 0.136. The lowest BCUT2D eigenvalue weighted by Crippen LogP contribution is -2.55. The molecule has 6 nitrogen and oxygen atoms in total. The number of carbonyl (C=O) groups excluding carboxylic acids is 1. The molecule has 4 heterocycles. The van der Waals surface area contributed by atoms with Crippen LogP contribution in [0.15, 0.2) is 30.6 Å². The molecule has 0 N–H and O–H groups in total. The van der Waals surface area contributed by atoms with Crippen molar-refractivity contribution >= 4 is 34.2 Å². The van der Waals surface area contributed by atoms with E-state index in [-0.39, 0.29) is 18.0 Å². The Morgan fingerprint density at radius 1 is 1.22 bits per heavy atom. The van der Waals surface area contributed by atoms with Crippen LogP contribution in [-0.4, -0.2) is 56.7 Å². The zero-order chi connectivity index (χ0) is 25.4. The number of imidazole rings is 1. The van der Waals surface area contributed by atoms with Gasteiger partial charge in [-0.3, -0.25) is 9.69 Å². The molecule has 0 bridgehead atoms. The predicted octanol–water partition coefficient (Wildman–Crippen LogP) is 5.92. The minimum Gasteiger partial charge on any atom is -0.325 e. The van der Waals surface area contributed by atoms with Gasteiger partial charge < -0.3 is 9.47 Å². The lowest BCUT2D eigenvalue weighted by atomic mass is 9.83. The van der Waals surface area contributed by atoms with Gasteiger partial charge in [0.2, 0.25) is 5.91 Å². The number of likely N-dealkylation sites (tertiary alicyclic amines) is 1. The first-order valence-corrected chi connectivity index (χ1v) is 13.5. The second kappa shape index (κ2) is 8.52. The molecular formula is C28H33ClFN5O. The number of nitrogens with zero attached hydrogens (tertiary/aromatic N) is 5. The van der Waals surface area contributed by atoms with Gasteiger partial charge >= 0.3 is 0 Å². The van der Waals surface area contributed by atoms with E-state index in [1.807, 2.05) is 37.2 Å². The molecule has 0 spiro atoms. The Balaban J connectivity index is 1.33. The van der Waals surface area contributed by atoms with E-state index in [4.69, 9.17) is 16.6 Å². The molecule has 0 unspecified atom stereocenters. The number of anilines is 1. The van der Waals surface area contributed by atoms with Crippen LogP contribution < -0.4 is 4.90 Å². The quantitative estimate of drug-likeness (QED) is 0.400. The van der Waals surface area contributed by atoms with Crippen molar-refractivity contribution in [1.29, 1.82) is 0 Å². The third kappa shape index (κ3) is 3.58. The van der Waals surface area contributed by atoms with E-state index in [1.165, 1.54) is 0 Å². The van der Waals surface area contributed by atoms with Crippen LogP contribution in [0.1, 0.15) is 65.0 Å². The van der Waals surface area contributed by atoms with Crippen LogP contribution in [0.2, 0.25) is 5.15 Å². The summed E-state index contributed by atoms with van der Waals surface area (Å²) in [5.41, 5.74) is 4.75. The predicted molar refractivity (Wildman–Crippen MR) is 141 cm³/mol. The van der Waals surface area contributed by atoms with Crippen molar-refractivity contribution in [3.8, 4) is 11.3 Å². The van der Waals surface area contributed by atoms with Gasteiger partial charge in [-0.25, -0.2) is 14.4 Å². The molecular weight excluding hydrogens is 477 g/mol. The molecule has 6 rings (SSSR count). The van der Waals surface area contributed by atoms with Crippen molar-refractivity contribution in [2.24, 2.45) is 0 Å². The van der Waals surface area contributed by atoms with Crippen molar-refractivity contribution < 1.29 is 9.18 Å². The first kappa shape index (κ1) is 23.9. The van der Waals surface area contributed by atoms with Gasteiger partial charge in [-0.1, -0.05) is 30.7 Å². The van der Waals surface area contributed by atoms with Crippen LogP contribution in [0.3, 0.4) is 0 Å². The molecule has 36 heavy (non-hydrogen) atoms. The van der Waals surface area contributed by atoms with Crippen molar-refractivity contribution in [2.75, 3.05) is 18.0 Å². The average molecular weight is 510 g/mol. The maximum atomic E-state index is 13.7. The number of hydrogen-bond donors (Lipinski definition) is 0. The fourth-order valence-corrected chi connectivity index (χ4v) is 6.43. The highest BCUT2D eigenvalue weighted by molar-refractivity contribution is 6.34. The smallest absolute Gasteiger partial charge is 0.237 e. The molecule has 2 aliphatic heterocycles. The van der Waals surface area contributed by atoms with E-state index in [1.54, 1.807) is 0 Å². The van der Waals surface area contributed by atoms with Gasteiger partial charge in [0.25, 0.3) is 0 Å². The molecule has 190 valence electrons. The summed E-state index contributed by atoms with van der Waals surface area (Å²) >= 11 is 6.68. The highest BCUT2D eigenvalue weighted by atomic mass is 35.5. The molecule has 3 aromatic rings. The maximum Gasteiger partial charge on any atom is 0.237 e. The van der Waals surface area contributed by atoms with Crippen molar-refractivity contribution in [2.45, 2.75) is 83.1 Å². The number of aromatic nitrogens is 3. The van der Waals surface area contributed by atoms with Gasteiger partial charge in [0.05, 0.1) is 23.0 Å². The number of rotatable bonds is 5. The minimum atomic E-state index is -0.715. The Bertz CT molecular complexity index is 1350. The third-order valence-corrected chi connectivity index (χ3v) is 8.95. The normalized spacial score (nSPS) is 26.4. The van der Waals surface area contributed by atoms with Gasteiger partial charge in [0.15, 0.2) is 5.15 Å². The number of benzene rings is 1. The number of alkyl halides is 1. The summed E-state index contributed by atoms with van der Waals surface area (Å²) < 4.78 is 15.8. The molecule has 2 atom stereocenters. The van der Waals surface area contributed by atoms with E-state index < -0.39 is 11.6 Å². The molecule has 1 saturated heterocycles. The Morgan fingerprint density at radius 2 is 2.00 bits per heavy atom. The van der Waals surface area contributed by atoms with Crippen LogP contribution in [0.25, 0.3) is 22.3 Å². The van der Waals surface area contributed by atoms with E-state index in [0.29, 0.717) is 24.2 Å². The van der Waals surface area contributed by atoms with E-state index in [0.717, 1.165) is 59.3 Å². The summed E-state index contributed by atoms with van der Waals surface area (Å²) in [6, 6.07) is 8.94. The van der Waals surface area contributed by atoms with E-state index in [9.17, 15) is 9.18 Å². The lowest BCUT2D eigenvalue weighted by Gasteiger charge is -2.45. The van der Waals surface area contributed by atoms with E-state index in [2.05, 4.69) is 40.4 Å². The van der Waals surface area contributed by atoms with Crippen LogP contribution in [0, 0.1) is 0 Å². The number of pyridine rings is 1. The zero-order valence-corrected chi connectivity index (χ0v) is 22.1. The monoisotopic (exact) mass is 509 g/mol. The molecule has 1 amide bonds. The topological polar surface area (TPSA) is 54.3 Å². The first-order chi connectivity index (χ1) is 17.2. The molecule has 3 aliphatic rings. The largest absolute Gasteiger partial charge is 0.325 e. The Morgan fingerprint density at radius 3 is 2.69 bits per heavy atom. The van der Waals surface area contributed by atoms with Crippen molar-refractivity contribution in [3.05, 3.63) is 41.3 Å². The van der Waals surface area contributed by atoms with Crippen LogP contribution in [0.5, 0.6) is 0 Å². The molecule has 2 aromatic heterocycles. The summed E-state index contributed by atoms with van der Waals surface area (Å²) in [5.74, 6) is 0.136. The van der Waals surface area contributed by atoms with Gasteiger partial charge in [-0.2, -0.15) is 0 Å². The van der Waals surface area contributed by atoms with E-state index >= 15 is 0 Å². The standard InChI is InChI=1S/C28H33ClFN5O/c1-5-16(2)34-15-31-23-13-22(32-26(29)25(23)34)17-6-7-21-24(10-17)35(27(36)28(21,3)4)20-11-19(12-20)33-9-8-18(30)14-33/h6-7,10,13,15-16,18-20H,5,8-9,11-12,14H2,1-4H3/t16-,18+,19-,20+/m0/s1. The number of fused-ring (bicyclic) bond motifs is 2. The second-order valence-corrected chi connectivity index (χ2v) is 11.6. The van der Waals surface area contributed by atoms with Gasteiger partial charge in [0, 0.05) is 42.5 Å². The van der Waals surface area contributed by atoms with Gasteiger partial charge in [-0.05, 0) is 64.2 Å². The van der Waals surface area contributed by atoms with Crippen molar-refractivity contribution in [1.82, 2.24) is 19.4 Å². The summed E-state index contributed by atoms with van der Waals surface area (Å²) in [7, 11) is 0. The summed E-state index contributed by atoms with van der Waals surface area (Å²) in [6.45, 7) is 9.63. The number of carbonyl (C=O) groups is 1. The molecule has 1 aliphatic carbocycles. The molecule has 8 heteroatoms. The van der Waals surface area contributed by atoms with Crippen LogP contribution in [0.4, 0.5) is 10.1 Å². The van der Waals surface area contributed by atoms with Crippen LogP contribution in [-0.2, 0) is 10.2 Å². The summed E-state index contributed by atoms with van der Waals surface area (Å²) in [6.07, 6.45) is 4.50. The molecule has 1 aromatic carbocycles. The highest BCUT2D eigenvalue weighted by Crippen LogP contribution is 2.48. The fourth-order valence-electron chi connectivity index (χ4n) is 6.14. The second-order valence-electron chi connectivity index (χ2n) is 11.3. The Hall–Kier alpha value is -2.51. The van der Waals surface area contributed by atoms with Crippen LogP contribution >= 0.6 is 11.6 Å². The van der Waals surface area contributed by atoms with Gasteiger partial charge in [0.1, 0.15) is 11.7 Å². The number of hydrogen-bond acceptors (Lipinski definition) is 4. The lowest BCUT2D eigenvalue weighted by molar-refractivity contribution is -0.123. The highest BCUT2D eigenvalue weighted by Gasteiger charge is 2.50. The number of halogens is 2.